The molecule has 0 radical (unpaired) electrons. The van der Waals surface area contributed by atoms with Gasteiger partial charge in [-0.05, 0) is 29.7 Å². The van der Waals surface area contributed by atoms with Gasteiger partial charge in [-0.25, -0.2) is 0 Å². The van der Waals surface area contributed by atoms with Crippen molar-refractivity contribution in [2.24, 2.45) is 0 Å². The summed E-state index contributed by atoms with van der Waals surface area (Å²) in [5.41, 5.74) is 1.26. The number of methoxy groups -OCH3 is 1. The molecule has 102 valence electrons. The summed E-state index contributed by atoms with van der Waals surface area (Å²) < 4.78 is 5.51. The van der Waals surface area contributed by atoms with E-state index in [1.165, 1.54) is 16.3 Å². The van der Waals surface area contributed by atoms with Crippen molar-refractivity contribution >= 4 is 10.8 Å². The molecule has 0 saturated heterocycles. The Kier molecular flexibility index (Phi) is 4.80. The minimum atomic E-state index is 0.573. The zero-order valence-corrected chi connectivity index (χ0v) is 12.1. The van der Waals surface area contributed by atoms with E-state index in [-0.39, 0.29) is 0 Å². The fourth-order valence-electron chi connectivity index (χ4n) is 2.51. The lowest BCUT2D eigenvalue weighted by atomic mass is 10.0. The van der Waals surface area contributed by atoms with Crippen LogP contribution in [-0.2, 0) is 6.54 Å². The van der Waals surface area contributed by atoms with Crippen molar-refractivity contribution in [1.29, 1.82) is 0 Å². The fourth-order valence-corrected chi connectivity index (χ4v) is 2.51. The quantitative estimate of drug-likeness (QED) is 0.840. The summed E-state index contributed by atoms with van der Waals surface area (Å²) in [7, 11) is 1.74. The van der Waals surface area contributed by atoms with E-state index in [0.29, 0.717) is 6.04 Å². The van der Waals surface area contributed by atoms with Crippen LogP contribution < -0.4 is 10.1 Å². The summed E-state index contributed by atoms with van der Waals surface area (Å²) in [5.74, 6) is 0.970. The Bertz CT molecular complexity index is 532. The zero-order chi connectivity index (χ0) is 13.7. The number of ether oxygens (including phenoxy) is 1. The van der Waals surface area contributed by atoms with E-state index in [1.807, 2.05) is 0 Å². The Morgan fingerprint density at radius 3 is 2.47 bits per heavy atom. The van der Waals surface area contributed by atoms with E-state index in [1.54, 1.807) is 7.11 Å². The molecular weight excluding hydrogens is 234 g/mol. The van der Waals surface area contributed by atoms with Crippen molar-refractivity contribution in [1.82, 2.24) is 5.32 Å². The van der Waals surface area contributed by atoms with Crippen molar-refractivity contribution < 1.29 is 4.74 Å². The molecule has 0 aliphatic carbocycles. The van der Waals surface area contributed by atoms with E-state index >= 15 is 0 Å². The van der Waals surface area contributed by atoms with Gasteiger partial charge in [0.15, 0.2) is 0 Å². The molecule has 0 amide bonds. The maximum absolute atomic E-state index is 5.51. The third-order valence-corrected chi connectivity index (χ3v) is 3.77. The molecule has 0 aromatic heterocycles. The monoisotopic (exact) mass is 257 g/mol. The summed E-state index contributed by atoms with van der Waals surface area (Å²) in [6, 6.07) is 13.2. The molecule has 19 heavy (non-hydrogen) atoms. The molecule has 2 nitrogen and oxygen atoms in total. The van der Waals surface area contributed by atoms with Gasteiger partial charge in [0, 0.05) is 18.2 Å². The number of benzene rings is 2. The van der Waals surface area contributed by atoms with Gasteiger partial charge in [-0.15, -0.1) is 0 Å². The van der Waals surface area contributed by atoms with Crippen molar-refractivity contribution in [2.45, 2.75) is 39.3 Å². The molecule has 0 saturated carbocycles. The van der Waals surface area contributed by atoms with Crippen LogP contribution in [0.4, 0.5) is 0 Å². The largest absolute Gasteiger partial charge is 0.496 e. The summed E-state index contributed by atoms with van der Waals surface area (Å²) in [5, 5.41) is 6.17. The molecule has 2 rings (SSSR count). The first kappa shape index (κ1) is 13.9. The molecule has 0 heterocycles. The number of hydrogen-bond acceptors (Lipinski definition) is 2. The summed E-state index contributed by atoms with van der Waals surface area (Å²) in [6.07, 6.45) is 2.31. The predicted octanol–water partition coefficient (Wildman–Crippen LogP) is 4.13. The van der Waals surface area contributed by atoms with Crippen molar-refractivity contribution in [3.05, 3.63) is 42.0 Å². The van der Waals surface area contributed by atoms with Gasteiger partial charge in [0.25, 0.3) is 0 Å². The third kappa shape index (κ3) is 3.07. The minimum absolute atomic E-state index is 0.573. The van der Waals surface area contributed by atoms with Crippen LogP contribution in [0.3, 0.4) is 0 Å². The van der Waals surface area contributed by atoms with Gasteiger partial charge in [-0.1, -0.05) is 44.2 Å². The zero-order valence-electron chi connectivity index (χ0n) is 12.1. The molecule has 0 unspecified atom stereocenters. The van der Waals surface area contributed by atoms with Crippen LogP contribution in [0.2, 0.25) is 0 Å². The van der Waals surface area contributed by atoms with Gasteiger partial charge in [-0.3, -0.25) is 0 Å². The van der Waals surface area contributed by atoms with Crippen LogP contribution in [0.15, 0.2) is 36.4 Å². The lowest BCUT2D eigenvalue weighted by Crippen LogP contribution is -2.27. The highest BCUT2D eigenvalue weighted by Crippen LogP contribution is 2.27. The Morgan fingerprint density at radius 1 is 1.05 bits per heavy atom. The first-order chi connectivity index (χ1) is 9.30. The summed E-state index contributed by atoms with van der Waals surface area (Å²) in [4.78, 5) is 0. The van der Waals surface area contributed by atoms with Crippen LogP contribution in [0.1, 0.15) is 32.3 Å². The SMILES string of the molecule is CCC(CC)NCc1c(OC)ccc2ccccc12. The van der Waals surface area contributed by atoms with Crippen LogP contribution >= 0.6 is 0 Å². The van der Waals surface area contributed by atoms with Crippen molar-refractivity contribution in [3.8, 4) is 5.75 Å². The van der Waals surface area contributed by atoms with E-state index in [2.05, 4.69) is 55.6 Å². The molecular formula is C17H23NO. The standard InChI is InChI=1S/C17H23NO/c1-4-14(5-2)18-12-16-15-9-7-6-8-13(15)10-11-17(16)19-3/h6-11,14,18H,4-5,12H2,1-3H3. The maximum atomic E-state index is 5.51. The Hall–Kier alpha value is -1.54. The molecule has 2 aromatic carbocycles. The normalized spacial score (nSPS) is 11.2. The average molecular weight is 257 g/mol. The molecule has 0 aliphatic rings. The minimum Gasteiger partial charge on any atom is -0.496 e. The van der Waals surface area contributed by atoms with Gasteiger partial charge in [0.1, 0.15) is 5.75 Å². The first-order valence-electron chi connectivity index (χ1n) is 7.08. The van der Waals surface area contributed by atoms with E-state index in [9.17, 15) is 0 Å². The lowest BCUT2D eigenvalue weighted by molar-refractivity contribution is 0.404. The predicted molar refractivity (Wildman–Crippen MR) is 81.7 cm³/mol. The Labute approximate surface area is 115 Å². The maximum Gasteiger partial charge on any atom is 0.123 e. The number of nitrogens with one attached hydrogen (secondary N) is 1. The average Bonchev–Trinajstić information content (AvgIpc) is 2.48. The van der Waals surface area contributed by atoms with Gasteiger partial charge in [-0.2, -0.15) is 0 Å². The van der Waals surface area contributed by atoms with E-state index < -0.39 is 0 Å². The Balaban J connectivity index is 2.33. The highest BCUT2D eigenvalue weighted by atomic mass is 16.5. The molecule has 0 atom stereocenters. The second-order valence-electron chi connectivity index (χ2n) is 4.86. The molecule has 2 aromatic rings. The highest BCUT2D eigenvalue weighted by molar-refractivity contribution is 5.87. The van der Waals surface area contributed by atoms with Crippen molar-refractivity contribution in [3.63, 3.8) is 0 Å². The van der Waals surface area contributed by atoms with Crippen molar-refractivity contribution in [2.75, 3.05) is 7.11 Å². The lowest BCUT2D eigenvalue weighted by Gasteiger charge is -2.17. The summed E-state index contributed by atoms with van der Waals surface area (Å²) in [6.45, 7) is 5.31. The number of hydrogen-bond donors (Lipinski definition) is 1. The molecule has 2 heteroatoms. The Morgan fingerprint density at radius 2 is 1.79 bits per heavy atom. The van der Waals surface area contributed by atoms with Crippen LogP contribution in [0.25, 0.3) is 10.8 Å². The van der Waals surface area contributed by atoms with Gasteiger partial charge >= 0.3 is 0 Å². The number of fused-ring (bicyclic) bond motifs is 1. The second kappa shape index (κ2) is 6.58. The molecule has 1 N–H and O–H groups in total. The van der Waals surface area contributed by atoms with E-state index in [4.69, 9.17) is 4.74 Å². The third-order valence-electron chi connectivity index (χ3n) is 3.77. The molecule has 0 aliphatic heterocycles. The van der Waals surface area contributed by atoms with Gasteiger partial charge in [0.2, 0.25) is 0 Å². The summed E-state index contributed by atoms with van der Waals surface area (Å²) >= 11 is 0. The van der Waals surface area contributed by atoms with Crippen LogP contribution in [-0.4, -0.2) is 13.2 Å². The second-order valence-corrected chi connectivity index (χ2v) is 4.86. The molecule has 0 bridgehead atoms. The van der Waals surface area contributed by atoms with E-state index in [0.717, 1.165) is 25.1 Å². The fraction of sp³-hybridized carbons (Fsp3) is 0.412. The number of rotatable bonds is 6. The van der Waals surface area contributed by atoms with Crippen LogP contribution in [0, 0.1) is 0 Å². The van der Waals surface area contributed by atoms with Gasteiger partial charge in [0.05, 0.1) is 7.11 Å². The topological polar surface area (TPSA) is 21.3 Å². The van der Waals surface area contributed by atoms with Gasteiger partial charge < -0.3 is 10.1 Å². The van der Waals surface area contributed by atoms with Crippen LogP contribution in [0.5, 0.6) is 5.75 Å². The molecule has 0 fully saturated rings. The molecule has 0 spiro atoms. The first-order valence-corrected chi connectivity index (χ1v) is 7.08. The smallest absolute Gasteiger partial charge is 0.123 e. The highest BCUT2D eigenvalue weighted by Gasteiger charge is 2.10.